The lowest BCUT2D eigenvalue weighted by Gasteiger charge is -2.38. The Balaban J connectivity index is 0.000000143. The first-order valence-corrected chi connectivity index (χ1v) is 46.7. The molecule has 0 bridgehead atoms. The molecule has 4 aliphatic rings. The molecule has 634 valence electrons. The van der Waals surface area contributed by atoms with Gasteiger partial charge in [-0.2, -0.15) is 0 Å². The minimum absolute atomic E-state index is 0.0525. The fourth-order valence-electron chi connectivity index (χ4n) is 20.3. The Kier molecular flexibility index (Phi) is 31.5. The number of fused-ring (bicyclic) bond motifs is 1. The summed E-state index contributed by atoms with van der Waals surface area (Å²) < 4.78 is 0. The van der Waals surface area contributed by atoms with Crippen molar-refractivity contribution in [3.63, 3.8) is 0 Å². The fraction of sp³-hybridized carbons (Fsp3) is 0.405. The van der Waals surface area contributed by atoms with Crippen LogP contribution in [0.5, 0.6) is 0 Å². The van der Waals surface area contributed by atoms with Gasteiger partial charge in [-0.25, -0.2) is 0 Å². The predicted octanol–water partition coefficient (Wildman–Crippen LogP) is 33.8. The molecule has 0 aromatic heterocycles. The molecule has 16 rings (SSSR count). The first kappa shape index (κ1) is 92.4. The van der Waals surface area contributed by atoms with Crippen LogP contribution in [0.1, 0.15) is 334 Å². The highest BCUT2D eigenvalue weighted by atomic mass is 14.5. The number of benzene rings is 12. The van der Waals surface area contributed by atoms with Crippen LogP contribution in [-0.4, -0.2) is 0 Å². The van der Waals surface area contributed by atoms with Crippen molar-refractivity contribution in [2.45, 2.75) is 318 Å². The van der Waals surface area contributed by atoms with Crippen molar-refractivity contribution >= 4 is 0 Å². The second kappa shape index (κ2) is 41.2. The number of aryl methyl sites for hydroxylation is 14. The summed E-state index contributed by atoms with van der Waals surface area (Å²) in [6.07, 6.45) is 28.3. The smallest absolute Gasteiger partial charge is 0.0202 e. The van der Waals surface area contributed by atoms with Crippen LogP contribution in [0.25, 0.3) is 0 Å². The maximum atomic E-state index is 2.41. The zero-order valence-corrected chi connectivity index (χ0v) is 78.8. The molecule has 0 amide bonds. The Morgan fingerprint density at radius 2 is 0.397 bits per heavy atom. The van der Waals surface area contributed by atoms with Gasteiger partial charge in [-0.15, -0.1) is 0 Å². The van der Waals surface area contributed by atoms with E-state index in [1.54, 1.807) is 0 Å². The molecule has 0 N–H and O–H groups in total. The van der Waals surface area contributed by atoms with E-state index in [0.29, 0.717) is 0 Å². The molecule has 0 aliphatic heterocycles. The van der Waals surface area contributed by atoms with Crippen molar-refractivity contribution in [1.29, 1.82) is 0 Å². The fourth-order valence-corrected chi connectivity index (χ4v) is 20.3. The molecule has 0 nitrogen and oxygen atoms in total. The van der Waals surface area contributed by atoms with Gasteiger partial charge in [0.05, 0.1) is 0 Å². The van der Waals surface area contributed by atoms with Gasteiger partial charge in [0.25, 0.3) is 0 Å². The predicted molar refractivity (Wildman–Crippen MR) is 527 cm³/mol. The van der Waals surface area contributed by atoms with Crippen LogP contribution in [0, 0.1) is 96.9 Å². The third-order valence-corrected chi connectivity index (χ3v) is 29.0. The quantitative estimate of drug-likeness (QED) is 0.121. The summed E-state index contributed by atoms with van der Waals surface area (Å²) in [7, 11) is 0. The van der Waals surface area contributed by atoms with Crippen LogP contribution < -0.4 is 0 Å². The van der Waals surface area contributed by atoms with Crippen LogP contribution in [0.15, 0.2) is 273 Å². The lowest BCUT2D eigenvalue weighted by atomic mass is 9.65. The molecular weight excluding hydrogens is 1450 g/mol. The Labute approximate surface area is 736 Å². The molecule has 12 aromatic carbocycles. The van der Waals surface area contributed by atoms with Gasteiger partial charge >= 0.3 is 0 Å². The highest BCUT2D eigenvalue weighted by Crippen LogP contribution is 2.54. The first-order valence-electron chi connectivity index (χ1n) is 46.7. The summed E-state index contributed by atoms with van der Waals surface area (Å²) in [6, 6.07) is 103. The minimum Gasteiger partial charge on any atom is -0.0590 e. The molecule has 12 aromatic rings. The van der Waals surface area contributed by atoms with E-state index in [2.05, 4.69) is 418 Å². The molecule has 3 saturated carbocycles. The number of rotatable bonds is 11. The second-order valence-corrected chi connectivity index (χ2v) is 39.8. The van der Waals surface area contributed by atoms with E-state index >= 15 is 0 Å². The molecule has 121 heavy (non-hydrogen) atoms. The van der Waals surface area contributed by atoms with Crippen LogP contribution in [0.3, 0.4) is 0 Å². The van der Waals surface area contributed by atoms with Gasteiger partial charge in [0.15, 0.2) is 0 Å². The number of hydrogen-bond donors (Lipinski definition) is 0. The molecule has 0 radical (unpaired) electrons. The average Bonchev–Trinajstić information content (AvgIpc) is 1.58. The Morgan fingerprint density at radius 3 is 0.661 bits per heavy atom. The van der Waals surface area contributed by atoms with Gasteiger partial charge in [-0.1, -0.05) is 467 Å². The average molecular weight is 1600 g/mol. The monoisotopic (exact) mass is 1600 g/mol. The van der Waals surface area contributed by atoms with E-state index in [1.165, 1.54) is 285 Å². The van der Waals surface area contributed by atoms with Gasteiger partial charge in [0, 0.05) is 32.5 Å². The summed E-state index contributed by atoms with van der Waals surface area (Å²) >= 11 is 0. The molecule has 1 atom stereocenters. The zero-order valence-electron chi connectivity index (χ0n) is 78.8. The third kappa shape index (κ3) is 22.9. The lowest BCUT2D eigenvalue weighted by molar-refractivity contribution is 0.346. The van der Waals surface area contributed by atoms with Gasteiger partial charge in [-0.05, 0) is 242 Å². The van der Waals surface area contributed by atoms with Crippen LogP contribution in [0.2, 0.25) is 0 Å². The molecule has 4 aliphatic carbocycles. The topological polar surface area (TPSA) is 0 Å². The van der Waals surface area contributed by atoms with Gasteiger partial charge < -0.3 is 0 Å². The van der Waals surface area contributed by atoms with E-state index in [-0.39, 0.29) is 37.9 Å². The van der Waals surface area contributed by atoms with Crippen LogP contribution in [-0.2, 0) is 37.9 Å². The maximum Gasteiger partial charge on any atom is 0.0202 e. The zero-order chi connectivity index (χ0) is 86.8. The van der Waals surface area contributed by atoms with Crippen LogP contribution in [0.4, 0.5) is 0 Å². The molecule has 0 heteroatoms. The van der Waals surface area contributed by atoms with Crippen LogP contribution >= 0.6 is 0 Å². The second-order valence-electron chi connectivity index (χ2n) is 39.8. The van der Waals surface area contributed by atoms with E-state index in [1.807, 2.05) is 0 Å². The van der Waals surface area contributed by atoms with Crippen molar-refractivity contribution in [3.8, 4) is 0 Å². The van der Waals surface area contributed by atoms with E-state index < -0.39 is 0 Å². The first-order chi connectivity index (χ1) is 57.8. The normalized spacial score (nSPS) is 17.2. The maximum absolute atomic E-state index is 2.41. The Hall–Kier alpha value is -9.36. The number of hydrogen-bond acceptors (Lipinski definition) is 0. The third-order valence-electron chi connectivity index (χ3n) is 29.0. The largest absolute Gasteiger partial charge is 0.0590 e. The highest BCUT2D eigenvalue weighted by molar-refractivity contribution is 5.54. The van der Waals surface area contributed by atoms with E-state index in [0.717, 1.165) is 0 Å². The van der Waals surface area contributed by atoms with Gasteiger partial charge in [0.2, 0.25) is 0 Å². The summed E-state index contributed by atoms with van der Waals surface area (Å²) in [5.41, 5.74) is 39.2. The highest BCUT2D eigenvalue weighted by Gasteiger charge is 2.46. The van der Waals surface area contributed by atoms with Crippen molar-refractivity contribution < 1.29 is 0 Å². The van der Waals surface area contributed by atoms with Gasteiger partial charge in [-0.3, -0.25) is 0 Å². The summed E-state index contributed by atoms with van der Waals surface area (Å²) in [5.74, 6) is 0. The van der Waals surface area contributed by atoms with Gasteiger partial charge in [0.1, 0.15) is 0 Å². The standard InChI is InChI=1S/C26H36.2C20H24.C19H22.C19H24.C17H20/c1-22-12-16-24(17-13-22)26(25-18-14-23(2)15-19-25)20-10-8-6-4-3-5-7-9-11-21-26;1-14-6-9-16(10-7-14)20(5)13-19(3,4)17-11-8-15(2)12-18(17)20;1-16-6-10-18(11-7-16)20(14-4-3-5-15-20)19-12-8-17(2)9-13-19;1-15-5-9-17(10-6-15)19(13-3-4-14-19)18-11-7-16(2)8-12-18;1-13-7-9-17(11-15(13)3)19(5,6)18-10-8-14(2)16(4)12-18;1-13-5-9-15(10-6-13)17(3,4)16-11-7-14(2)8-12-16/h12-19H,3-11,20-21H2,1-2H3;6-12H,13H2,1-5H3;6-13H,3-5,14-15H2,1-2H3;5-12H,3-4,13-14H2,1-2H3;7-12H,1-6H3;5-12H,1-4H3. The molecule has 0 spiro atoms. The summed E-state index contributed by atoms with van der Waals surface area (Å²) in [6.45, 7) is 46.7. The van der Waals surface area contributed by atoms with Crippen molar-refractivity contribution in [2.75, 3.05) is 0 Å². The molecular formula is C121H150. The Bertz CT molecular complexity index is 4940. The van der Waals surface area contributed by atoms with Crippen molar-refractivity contribution in [1.82, 2.24) is 0 Å². The minimum atomic E-state index is 0.0525. The lowest BCUT2D eigenvalue weighted by Crippen LogP contribution is -2.30. The van der Waals surface area contributed by atoms with Crippen molar-refractivity contribution in [3.05, 3.63) is 423 Å². The molecule has 0 saturated heterocycles. The van der Waals surface area contributed by atoms with E-state index in [4.69, 9.17) is 0 Å². The molecule has 1 unspecified atom stereocenters. The Morgan fingerprint density at radius 1 is 0.190 bits per heavy atom. The van der Waals surface area contributed by atoms with Crippen molar-refractivity contribution in [2.24, 2.45) is 0 Å². The summed E-state index contributed by atoms with van der Waals surface area (Å²) in [5, 5.41) is 0. The van der Waals surface area contributed by atoms with E-state index in [9.17, 15) is 0 Å². The molecule has 3 fully saturated rings. The molecule has 0 heterocycles. The SMILES string of the molecule is Cc1ccc(C(C)(C)c2ccc(C)c(C)c2)cc1C.Cc1ccc(C(C)(C)c2ccc(C)cc2)cc1.Cc1ccc(C2(C)CC(C)(C)c3ccc(C)cc32)cc1.Cc1ccc(C2(c3ccc(C)cc3)CCCC2)cc1.Cc1ccc(C2(c3ccc(C)cc3)CCCCC2)cc1.Cc1ccc(C2(c3ccc(C)cc3)CCCCCCCCCCC2)cc1. The summed E-state index contributed by atoms with van der Waals surface area (Å²) in [4.78, 5) is 0.